The second kappa shape index (κ2) is 6.78. The number of nitrogens with one attached hydrogen (secondary N) is 1. The van der Waals surface area contributed by atoms with Gasteiger partial charge in [0.05, 0.1) is 17.9 Å². The summed E-state index contributed by atoms with van der Waals surface area (Å²) in [5.41, 5.74) is 0.916. The molecule has 1 fully saturated rings. The molecule has 126 valence electrons. The fourth-order valence-electron chi connectivity index (χ4n) is 2.66. The van der Waals surface area contributed by atoms with E-state index in [1.54, 1.807) is 12.4 Å². The molecule has 0 aliphatic carbocycles. The van der Waals surface area contributed by atoms with E-state index in [-0.39, 0.29) is 17.0 Å². The Labute approximate surface area is 148 Å². The highest BCUT2D eigenvalue weighted by Crippen LogP contribution is 2.40. The van der Waals surface area contributed by atoms with Crippen LogP contribution >= 0.6 is 24.0 Å². The molecule has 0 spiro atoms. The van der Waals surface area contributed by atoms with Gasteiger partial charge in [-0.05, 0) is 17.7 Å². The quantitative estimate of drug-likeness (QED) is 0.584. The molecule has 7 nitrogen and oxygen atoms in total. The second-order valence-electron chi connectivity index (χ2n) is 5.27. The first-order chi connectivity index (χ1) is 11.5. The average Bonchev–Trinajstić information content (AvgIpc) is 2.58. The molecule has 2 N–H and O–H groups in total. The Kier molecular flexibility index (Phi) is 4.72. The maximum atomic E-state index is 12.4. The first kappa shape index (κ1) is 16.7. The Morgan fingerprint density at radius 3 is 2.88 bits per heavy atom. The standard InChI is InChI=1S/C15H15N3O4S2/c1-22-9-7-24-14-11(13(19)18(14)12(9)15(20)21)17-10(23)6-8-2-4-16-5-3-8/h2-5,11,14H,6-7H2,1H3,(H,17,23)(H,20,21)/t11-,14-/m1/s1. The molecular formula is C15H15N3O4S2. The highest BCUT2D eigenvalue weighted by atomic mass is 32.2. The van der Waals surface area contributed by atoms with Gasteiger partial charge in [0.1, 0.15) is 17.2 Å². The van der Waals surface area contributed by atoms with Crippen LogP contribution in [0.3, 0.4) is 0 Å². The maximum Gasteiger partial charge on any atom is 0.356 e. The number of pyridine rings is 1. The zero-order valence-corrected chi connectivity index (χ0v) is 14.4. The molecule has 0 unspecified atom stereocenters. The van der Waals surface area contributed by atoms with Gasteiger partial charge in [-0.2, -0.15) is 0 Å². The van der Waals surface area contributed by atoms with Crippen molar-refractivity contribution < 1.29 is 19.4 Å². The summed E-state index contributed by atoms with van der Waals surface area (Å²) in [6.45, 7) is 0. The number of β-lactam (4-membered cyclic amide) rings is 1. The van der Waals surface area contributed by atoms with Crippen LogP contribution in [0.2, 0.25) is 0 Å². The minimum absolute atomic E-state index is 0.0793. The van der Waals surface area contributed by atoms with E-state index in [1.807, 2.05) is 12.1 Å². The Morgan fingerprint density at radius 2 is 2.25 bits per heavy atom. The molecule has 0 radical (unpaired) electrons. The molecule has 1 amide bonds. The summed E-state index contributed by atoms with van der Waals surface area (Å²) in [4.78, 5) is 29.6. The van der Waals surface area contributed by atoms with E-state index in [0.717, 1.165) is 5.56 Å². The molecular weight excluding hydrogens is 350 g/mol. The molecule has 0 saturated carbocycles. The van der Waals surface area contributed by atoms with Crippen molar-refractivity contribution in [3.05, 3.63) is 41.5 Å². The summed E-state index contributed by atoms with van der Waals surface area (Å²) in [5.74, 6) is -0.767. The van der Waals surface area contributed by atoms with Crippen molar-refractivity contribution in [3.8, 4) is 0 Å². The van der Waals surface area contributed by atoms with Crippen LogP contribution in [0.1, 0.15) is 5.56 Å². The van der Waals surface area contributed by atoms with Crippen LogP contribution in [-0.2, 0) is 20.7 Å². The third-order valence-electron chi connectivity index (χ3n) is 3.81. The minimum atomic E-state index is -1.16. The van der Waals surface area contributed by atoms with Gasteiger partial charge in [-0.3, -0.25) is 14.7 Å². The van der Waals surface area contributed by atoms with Gasteiger partial charge in [0.2, 0.25) is 0 Å². The number of aliphatic carboxylic acids is 1. The van der Waals surface area contributed by atoms with E-state index >= 15 is 0 Å². The third kappa shape index (κ3) is 2.96. The molecule has 1 aromatic rings. The van der Waals surface area contributed by atoms with E-state index in [0.29, 0.717) is 22.9 Å². The normalized spacial score (nSPS) is 22.5. The van der Waals surface area contributed by atoms with E-state index in [9.17, 15) is 14.7 Å². The van der Waals surface area contributed by atoms with Gasteiger partial charge >= 0.3 is 5.97 Å². The number of hydrogen-bond acceptors (Lipinski definition) is 6. The molecule has 2 atom stereocenters. The van der Waals surface area contributed by atoms with E-state index < -0.39 is 12.0 Å². The smallest absolute Gasteiger partial charge is 0.356 e. The highest BCUT2D eigenvalue weighted by molar-refractivity contribution is 8.00. The van der Waals surface area contributed by atoms with Crippen molar-refractivity contribution in [3.63, 3.8) is 0 Å². The molecule has 9 heteroatoms. The van der Waals surface area contributed by atoms with Gasteiger partial charge < -0.3 is 15.2 Å². The first-order valence-electron chi connectivity index (χ1n) is 7.16. The Hall–Kier alpha value is -2.13. The topological polar surface area (TPSA) is 91.8 Å². The number of carboxylic acid groups (broad SMARTS) is 1. The van der Waals surface area contributed by atoms with Gasteiger partial charge in [0.15, 0.2) is 5.70 Å². The summed E-state index contributed by atoms with van der Waals surface area (Å²) in [7, 11) is 1.41. The molecule has 2 aliphatic rings. The number of fused-ring (bicyclic) bond motifs is 1. The SMILES string of the molecule is COC1=C(C(=O)O)N2C(=O)[C@@H](NC(=S)Cc3ccncc3)[C@H]2SC1. The first-order valence-corrected chi connectivity index (χ1v) is 8.62. The molecule has 1 saturated heterocycles. The lowest BCUT2D eigenvalue weighted by Gasteiger charge is -2.49. The lowest BCUT2D eigenvalue weighted by Crippen LogP contribution is -2.70. The number of methoxy groups -OCH3 is 1. The Morgan fingerprint density at radius 1 is 1.54 bits per heavy atom. The van der Waals surface area contributed by atoms with E-state index in [4.69, 9.17) is 17.0 Å². The number of carbonyl (C=O) groups excluding carboxylic acids is 1. The summed E-state index contributed by atoms with van der Waals surface area (Å²) in [6, 6.07) is 3.19. The van der Waals surface area contributed by atoms with Crippen LogP contribution in [0.15, 0.2) is 36.0 Å². The Balaban J connectivity index is 1.69. The van der Waals surface area contributed by atoms with Crippen LogP contribution in [0.4, 0.5) is 0 Å². The van der Waals surface area contributed by atoms with Gasteiger partial charge in [-0.15, -0.1) is 11.8 Å². The van der Waals surface area contributed by atoms with Crippen molar-refractivity contribution in [2.75, 3.05) is 12.9 Å². The number of rotatable bonds is 5. The lowest BCUT2D eigenvalue weighted by molar-refractivity contribution is -0.149. The minimum Gasteiger partial charge on any atom is -0.498 e. The summed E-state index contributed by atoms with van der Waals surface area (Å²) >= 11 is 6.78. The van der Waals surface area contributed by atoms with Crippen LogP contribution in [0, 0.1) is 0 Å². The number of hydrogen-bond donors (Lipinski definition) is 2. The van der Waals surface area contributed by atoms with Crippen molar-refractivity contribution in [1.29, 1.82) is 0 Å². The maximum absolute atomic E-state index is 12.4. The summed E-state index contributed by atoms with van der Waals surface area (Å²) in [6.07, 6.45) is 3.87. The lowest BCUT2D eigenvalue weighted by atomic mass is 10.0. The van der Waals surface area contributed by atoms with Crippen LogP contribution in [-0.4, -0.2) is 56.1 Å². The Bertz CT molecular complexity index is 723. The number of aromatic nitrogens is 1. The van der Waals surface area contributed by atoms with Crippen LogP contribution in [0.25, 0.3) is 0 Å². The second-order valence-corrected chi connectivity index (χ2v) is 6.87. The van der Waals surface area contributed by atoms with Crippen molar-refractivity contribution in [2.45, 2.75) is 17.8 Å². The molecule has 24 heavy (non-hydrogen) atoms. The number of carboxylic acids is 1. The predicted molar refractivity (Wildman–Crippen MR) is 92.2 cm³/mol. The van der Waals surface area contributed by atoms with E-state index in [1.165, 1.54) is 23.8 Å². The molecule has 0 aromatic carbocycles. The number of amides is 1. The fourth-order valence-corrected chi connectivity index (χ4v) is 4.26. The van der Waals surface area contributed by atoms with Crippen molar-refractivity contribution in [2.24, 2.45) is 0 Å². The average molecular weight is 365 g/mol. The zero-order chi connectivity index (χ0) is 17.3. The fraction of sp³-hybridized carbons (Fsp3) is 0.333. The number of thiocarbonyl (C=S) groups is 1. The molecule has 3 rings (SSSR count). The van der Waals surface area contributed by atoms with Gasteiger partial charge in [-0.25, -0.2) is 4.79 Å². The zero-order valence-electron chi connectivity index (χ0n) is 12.8. The number of carbonyl (C=O) groups is 2. The van der Waals surface area contributed by atoms with E-state index in [2.05, 4.69) is 10.3 Å². The van der Waals surface area contributed by atoms with Crippen molar-refractivity contribution >= 4 is 40.8 Å². The number of thioether (sulfide) groups is 1. The van der Waals surface area contributed by atoms with Crippen LogP contribution < -0.4 is 5.32 Å². The number of ether oxygens (including phenoxy) is 1. The van der Waals surface area contributed by atoms with Gasteiger partial charge in [0, 0.05) is 18.8 Å². The van der Waals surface area contributed by atoms with Gasteiger partial charge in [0.25, 0.3) is 5.91 Å². The molecule has 2 aliphatic heterocycles. The molecule has 3 heterocycles. The number of nitrogens with zero attached hydrogens (tertiary/aromatic N) is 2. The highest BCUT2D eigenvalue weighted by Gasteiger charge is 2.54. The molecule has 1 aromatic heterocycles. The summed E-state index contributed by atoms with van der Waals surface area (Å²) < 4.78 is 5.09. The molecule has 0 bridgehead atoms. The monoisotopic (exact) mass is 365 g/mol. The van der Waals surface area contributed by atoms with Crippen molar-refractivity contribution in [1.82, 2.24) is 15.2 Å². The van der Waals surface area contributed by atoms with Crippen LogP contribution in [0.5, 0.6) is 0 Å². The largest absolute Gasteiger partial charge is 0.498 e. The third-order valence-corrected chi connectivity index (χ3v) is 5.33. The predicted octanol–water partition coefficient (Wildman–Crippen LogP) is 0.767. The summed E-state index contributed by atoms with van der Waals surface area (Å²) in [5, 5.41) is 12.1. The van der Waals surface area contributed by atoms with Gasteiger partial charge in [-0.1, -0.05) is 12.2 Å².